The summed E-state index contributed by atoms with van der Waals surface area (Å²) in [6.07, 6.45) is 4.39. The molecule has 0 spiro atoms. The van der Waals surface area contributed by atoms with Crippen molar-refractivity contribution < 1.29 is 9.53 Å². The molecule has 0 unspecified atom stereocenters. The van der Waals surface area contributed by atoms with E-state index in [1.165, 1.54) is 12.0 Å². The summed E-state index contributed by atoms with van der Waals surface area (Å²) in [5, 5.41) is 4.30. The zero-order chi connectivity index (χ0) is 17.8. The van der Waals surface area contributed by atoms with Crippen LogP contribution in [-0.2, 0) is 13.5 Å². The number of nitrogens with zero attached hydrogens (tertiary/aromatic N) is 3. The number of rotatable bonds is 5. The van der Waals surface area contributed by atoms with Gasteiger partial charge in [0.15, 0.2) is 0 Å². The van der Waals surface area contributed by atoms with Gasteiger partial charge in [0.2, 0.25) is 0 Å². The van der Waals surface area contributed by atoms with E-state index in [1.807, 2.05) is 37.1 Å². The van der Waals surface area contributed by atoms with Crippen LogP contribution in [0.25, 0.3) is 0 Å². The van der Waals surface area contributed by atoms with Crippen LogP contribution in [0.1, 0.15) is 41.0 Å². The largest absolute Gasteiger partial charge is 0.497 e. The van der Waals surface area contributed by atoms with Crippen molar-refractivity contribution in [1.82, 2.24) is 14.7 Å². The van der Waals surface area contributed by atoms with E-state index in [9.17, 15) is 4.79 Å². The molecule has 2 aromatic rings. The number of carbonyl (C=O) groups is 1. The van der Waals surface area contributed by atoms with Crippen LogP contribution in [0.4, 0.5) is 0 Å². The lowest BCUT2D eigenvalue weighted by molar-refractivity contribution is 0.0657. The van der Waals surface area contributed by atoms with Gasteiger partial charge in [-0.3, -0.25) is 9.48 Å². The molecular weight excluding hydrogens is 314 g/mol. The summed E-state index contributed by atoms with van der Waals surface area (Å²) in [4.78, 5) is 14.8. The maximum Gasteiger partial charge on any atom is 0.272 e. The average molecular weight is 341 g/mol. The number of aromatic nitrogens is 2. The predicted octanol–water partition coefficient (Wildman–Crippen LogP) is 3.22. The highest BCUT2D eigenvalue weighted by atomic mass is 16.5. The molecule has 0 bridgehead atoms. The van der Waals surface area contributed by atoms with Gasteiger partial charge in [-0.2, -0.15) is 5.10 Å². The molecule has 1 amide bonds. The Labute approximate surface area is 149 Å². The fourth-order valence-corrected chi connectivity index (χ4v) is 3.66. The number of aryl methyl sites for hydroxylation is 3. The quantitative estimate of drug-likeness (QED) is 0.839. The molecule has 5 nitrogen and oxygen atoms in total. The topological polar surface area (TPSA) is 47.4 Å². The van der Waals surface area contributed by atoms with Crippen LogP contribution in [0, 0.1) is 12.8 Å². The molecule has 0 N–H and O–H groups in total. The molecule has 1 fully saturated rings. The Morgan fingerprint density at radius 2 is 2.20 bits per heavy atom. The third-order valence-electron chi connectivity index (χ3n) is 5.00. The number of amides is 1. The van der Waals surface area contributed by atoms with Crippen LogP contribution in [0.15, 0.2) is 30.3 Å². The lowest BCUT2D eigenvalue weighted by Crippen LogP contribution is -2.40. The number of hydrogen-bond donors (Lipinski definition) is 0. The third kappa shape index (κ3) is 4.21. The van der Waals surface area contributed by atoms with Gasteiger partial charge in [-0.1, -0.05) is 12.1 Å². The van der Waals surface area contributed by atoms with E-state index in [-0.39, 0.29) is 5.91 Å². The minimum Gasteiger partial charge on any atom is -0.497 e. The minimum atomic E-state index is 0.106. The second-order valence-electron chi connectivity index (χ2n) is 6.94. The molecule has 1 atom stereocenters. The fourth-order valence-electron chi connectivity index (χ4n) is 3.66. The first-order chi connectivity index (χ1) is 12.1. The van der Waals surface area contributed by atoms with E-state index in [0.717, 1.165) is 43.8 Å². The molecule has 1 aromatic carbocycles. The van der Waals surface area contributed by atoms with E-state index in [1.54, 1.807) is 11.8 Å². The standard InChI is InChI=1S/C20H27N3O2/c1-15-12-19(22(2)21-15)20(24)23-11-5-7-17(14-23)10-9-16-6-4-8-18(13-16)25-3/h4,6,8,12-13,17H,5,7,9-11,14H2,1-3H3/t17-/m1/s1. The molecule has 1 aromatic heterocycles. The summed E-state index contributed by atoms with van der Waals surface area (Å²) < 4.78 is 6.99. The van der Waals surface area contributed by atoms with E-state index in [0.29, 0.717) is 11.6 Å². The molecule has 0 saturated carbocycles. The van der Waals surface area contributed by atoms with Crippen molar-refractivity contribution in [3.05, 3.63) is 47.3 Å². The molecule has 25 heavy (non-hydrogen) atoms. The Morgan fingerprint density at radius 3 is 2.92 bits per heavy atom. The van der Waals surface area contributed by atoms with Gasteiger partial charge in [-0.05, 0) is 62.3 Å². The van der Waals surface area contributed by atoms with Gasteiger partial charge in [0.05, 0.1) is 12.8 Å². The number of hydrogen-bond acceptors (Lipinski definition) is 3. The zero-order valence-corrected chi connectivity index (χ0v) is 15.4. The number of piperidine rings is 1. The molecule has 134 valence electrons. The molecule has 3 rings (SSSR count). The lowest BCUT2D eigenvalue weighted by Gasteiger charge is -2.32. The fraction of sp³-hybridized carbons (Fsp3) is 0.500. The normalized spacial score (nSPS) is 17.6. The van der Waals surface area contributed by atoms with Crippen molar-refractivity contribution in [1.29, 1.82) is 0 Å². The molecular formula is C20H27N3O2. The van der Waals surface area contributed by atoms with Gasteiger partial charge >= 0.3 is 0 Å². The molecule has 5 heteroatoms. The maximum absolute atomic E-state index is 12.8. The Balaban J connectivity index is 1.59. The van der Waals surface area contributed by atoms with Gasteiger partial charge in [0.25, 0.3) is 5.91 Å². The van der Waals surface area contributed by atoms with Gasteiger partial charge < -0.3 is 9.64 Å². The highest BCUT2D eigenvalue weighted by Crippen LogP contribution is 2.24. The Morgan fingerprint density at radius 1 is 1.36 bits per heavy atom. The number of methoxy groups -OCH3 is 1. The van der Waals surface area contributed by atoms with E-state index >= 15 is 0 Å². The second kappa shape index (κ2) is 7.72. The highest BCUT2D eigenvalue weighted by Gasteiger charge is 2.26. The summed E-state index contributed by atoms with van der Waals surface area (Å²) >= 11 is 0. The Kier molecular flexibility index (Phi) is 5.41. The van der Waals surface area contributed by atoms with Gasteiger partial charge in [0.1, 0.15) is 11.4 Å². The molecule has 1 saturated heterocycles. The van der Waals surface area contributed by atoms with Gasteiger partial charge in [-0.25, -0.2) is 0 Å². The van der Waals surface area contributed by atoms with Crippen molar-refractivity contribution in [3.63, 3.8) is 0 Å². The Bertz CT molecular complexity index is 738. The highest BCUT2D eigenvalue weighted by molar-refractivity contribution is 5.92. The van der Waals surface area contributed by atoms with Gasteiger partial charge in [-0.15, -0.1) is 0 Å². The predicted molar refractivity (Wildman–Crippen MR) is 97.9 cm³/mol. The summed E-state index contributed by atoms with van der Waals surface area (Å²) in [5.41, 5.74) is 2.87. The molecule has 2 heterocycles. The SMILES string of the molecule is COc1cccc(CC[C@H]2CCCN(C(=O)c3cc(C)nn3C)C2)c1. The van der Waals surface area contributed by atoms with Crippen molar-refractivity contribution in [3.8, 4) is 5.75 Å². The number of likely N-dealkylation sites (tertiary alicyclic amines) is 1. The Hall–Kier alpha value is -2.30. The van der Waals surface area contributed by atoms with E-state index in [4.69, 9.17) is 4.74 Å². The summed E-state index contributed by atoms with van der Waals surface area (Å²) in [6, 6.07) is 10.1. The summed E-state index contributed by atoms with van der Waals surface area (Å²) in [6.45, 7) is 3.61. The van der Waals surface area contributed by atoms with Crippen LogP contribution in [-0.4, -0.2) is 40.8 Å². The molecule has 1 aliphatic heterocycles. The first-order valence-electron chi connectivity index (χ1n) is 8.99. The van der Waals surface area contributed by atoms with Crippen LogP contribution in [0.5, 0.6) is 5.75 Å². The van der Waals surface area contributed by atoms with Crippen LogP contribution < -0.4 is 4.74 Å². The van der Waals surface area contributed by atoms with Crippen molar-refractivity contribution in [2.75, 3.05) is 20.2 Å². The molecule has 0 radical (unpaired) electrons. The third-order valence-corrected chi connectivity index (χ3v) is 5.00. The van der Waals surface area contributed by atoms with Crippen LogP contribution >= 0.6 is 0 Å². The van der Waals surface area contributed by atoms with Crippen molar-refractivity contribution >= 4 is 5.91 Å². The van der Waals surface area contributed by atoms with E-state index in [2.05, 4.69) is 17.2 Å². The zero-order valence-electron chi connectivity index (χ0n) is 15.4. The minimum absolute atomic E-state index is 0.106. The second-order valence-corrected chi connectivity index (χ2v) is 6.94. The smallest absolute Gasteiger partial charge is 0.272 e. The van der Waals surface area contributed by atoms with E-state index < -0.39 is 0 Å². The first kappa shape index (κ1) is 17.5. The van der Waals surface area contributed by atoms with Crippen LogP contribution in [0.3, 0.4) is 0 Å². The number of benzene rings is 1. The number of carbonyl (C=O) groups excluding carboxylic acids is 1. The average Bonchev–Trinajstić information content (AvgIpc) is 2.98. The summed E-state index contributed by atoms with van der Waals surface area (Å²) in [5.74, 6) is 1.57. The summed E-state index contributed by atoms with van der Waals surface area (Å²) in [7, 11) is 3.54. The molecule has 0 aliphatic carbocycles. The van der Waals surface area contributed by atoms with Crippen LogP contribution in [0.2, 0.25) is 0 Å². The maximum atomic E-state index is 12.8. The van der Waals surface area contributed by atoms with Crippen molar-refractivity contribution in [2.24, 2.45) is 13.0 Å². The lowest BCUT2D eigenvalue weighted by atomic mass is 9.91. The van der Waals surface area contributed by atoms with Crippen molar-refractivity contribution in [2.45, 2.75) is 32.6 Å². The monoisotopic (exact) mass is 341 g/mol. The number of ether oxygens (including phenoxy) is 1. The molecule has 1 aliphatic rings. The van der Waals surface area contributed by atoms with Gasteiger partial charge in [0, 0.05) is 20.1 Å². The first-order valence-corrected chi connectivity index (χ1v) is 8.99.